The van der Waals surface area contributed by atoms with Crippen LogP contribution in [-0.4, -0.2) is 22.0 Å². The Bertz CT molecular complexity index is 1110. The number of hydrogen-bond donors (Lipinski definition) is 0. The molecule has 0 aliphatic carbocycles. The predicted octanol–water partition coefficient (Wildman–Crippen LogP) is 4.83. The van der Waals surface area contributed by atoms with Gasteiger partial charge in [0, 0.05) is 24.6 Å². The van der Waals surface area contributed by atoms with Crippen molar-refractivity contribution in [3.63, 3.8) is 0 Å². The molecule has 0 radical (unpaired) electrons. The SMILES string of the molecule is C=C=Cn1c([C@@H]2CC(=O)N(c3cccc(C(F)(F)F)c3)C2)nc2ccccc21. The van der Waals surface area contributed by atoms with Gasteiger partial charge in [0.25, 0.3) is 0 Å². The minimum absolute atomic E-state index is 0.171. The van der Waals surface area contributed by atoms with E-state index >= 15 is 0 Å². The highest BCUT2D eigenvalue weighted by atomic mass is 19.4. The first kappa shape index (κ1) is 18.1. The smallest absolute Gasteiger partial charge is 0.312 e. The molecule has 0 N–H and O–H groups in total. The number of benzene rings is 2. The fourth-order valence-electron chi connectivity index (χ4n) is 3.56. The quantitative estimate of drug-likeness (QED) is 0.608. The summed E-state index contributed by atoms with van der Waals surface area (Å²) in [6, 6.07) is 12.4. The fraction of sp³-hybridized carbons (Fsp3) is 0.190. The molecular weight excluding hydrogens is 367 g/mol. The summed E-state index contributed by atoms with van der Waals surface area (Å²) >= 11 is 0. The number of rotatable bonds is 3. The van der Waals surface area contributed by atoms with E-state index in [0.717, 1.165) is 23.2 Å². The van der Waals surface area contributed by atoms with Crippen LogP contribution in [0.5, 0.6) is 0 Å². The Labute approximate surface area is 159 Å². The van der Waals surface area contributed by atoms with E-state index in [4.69, 9.17) is 0 Å². The zero-order valence-electron chi connectivity index (χ0n) is 14.8. The Morgan fingerprint density at radius 2 is 1.96 bits per heavy atom. The topological polar surface area (TPSA) is 38.1 Å². The van der Waals surface area contributed by atoms with Gasteiger partial charge in [-0.15, -0.1) is 5.73 Å². The second-order valence-electron chi connectivity index (χ2n) is 6.62. The Kier molecular flexibility index (Phi) is 4.32. The molecule has 2 heterocycles. The summed E-state index contributed by atoms with van der Waals surface area (Å²) in [6.45, 7) is 3.87. The van der Waals surface area contributed by atoms with Crippen molar-refractivity contribution in [1.29, 1.82) is 0 Å². The molecule has 0 bridgehead atoms. The summed E-state index contributed by atoms with van der Waals surface area (Å²) in [5, 5.41) is 0. The lowest BCUT2D eigenvalue weighted by Crippen LogP contribution is -2.25. The number of alkyl halides is 3. The van der Waals surface area contributed by atoms with E-state index in [1.165, 1.54) is 17.0 Å². The number of carbonyl (C=O) groups is 1. The van der Waals surface area contributed by atoms with Gasteiger partial charge in [-0.2, -0.15) is 13.2 Å². The van der Waals surface area contributed by atoms with E-state index in [1.807, 2.05) is 28.8 Å². The van der Waals surface area contributed by atoms with Crippen LogP contribution in [0, 0.1) is 0 Å². The number of fused-ring (bicyclic) bond motifs is 1. The first-order valence-electron chi connectivity index (χ1n) is 8.69. The molecule has 7 heteroatoms. The second-order valence-corrected chi connectivity index (χ2v) is 6.62. The number of anilines is 1. The van der Waals surface area contributed by atoms with E-state index in [-0.39, 0.29) is 30.5 Å². The van der Waals surface area contributed by atoms with Crippen LogP contribution in [0.2, 0.25) is 0 Å². The van der Waals surface area contributed by atoms with Crippen molar-refractivity contribution in [2.45, 2.75) is 18.5 Å². The number of imidazole rings is 1. The molecule has 0 spiro atoms. The number of para-hydroxylation sites is 2. The Morgan fingerprint density at radius 3 is 2.71 bits per heavy atom. The Morgan fingerprint density at radius 1 is 1.18 bits per heavy atom. The van der Waals surface area contributed by atoms with Crippen LogP contribution in [0.15, 0.2) is 60.8 Å². The normalized spacial score (nSPS) is 17.2. The lowest BCUT2D eigenvalue weighted by Gasteiger charge is -2.18. The van der Waals surface area contributed by atoms with Crippen LogP contribution in [0.1, 0.15) is 23.7 Å². The van der Waals surface area contributed by atoms with Crippen LogP contribution in [0.3, 0.4) is 0 Å². The van der Waals surface area contributed by atoms with Crippen molar-refractivity contribution in [2.75, 3.05) is 11.4 Å². The number of carbonyl (C=O) groups excluding carboxylic acids is 1. The van der Waals surface area contributed by atoms with Gasteiger partial charge < -0.3 is 4.90 Å². The van der Waals surface area contributed by atoms with Crippen LogP contribution in [0.25, 0.3) is 17.2 Å². The van der Waals surface area contributed by atoms with Crippen molar-refractivity contribution >= 4 is 28.8 Å². The van der Waals surface area contributed by atoms with Crippen LogP contribution < -0.4 is 4.90 Å². The number of nitrogens with zero attached hydrogens (tertiary/aromatic N) is 3. The molecule has 0 unspecified atom stereocenters. The van der Waals surface area contributed by atoms with Gasteiger partial charge in [-0.3, -0.25) is 9.36 Å². The third-order valence-electron chi connectivity index (χ3n) is 4.82. The summed E-state index contributed by atoms with van der Waals surface area (Å²) in [7, 11) is 0. The molecule has 3 aromatic rings. The summed E-state index contributed by atoms with van der Waals surface area (Å²) < 4.78 is 40.9. The molecule has 1 fully saturated rings. The maximum atomic E-state index is 13.0. The molecule has 1 aliphatic heterocycles. The molecule has 1 aromatic heterocycles. The number of amides is 1. The zero-order valence-corrected chi connectivity index (χ0v) is 14.8. The average Bonchev–Trinajstić information content (AvgIpc) is 3.22. The van der Waals surface area contributed by atoms with Gasteiger partial charge in [-0.25, -0.2) is 4.98 Å². The van der Waals surface area contributed by atoms with Gasteiger partial charge in [0.05, 0.1) is 22.8 Å². The average molecular weight is 383 g/mol. The Balaban J connectivity index is 1.71. The minimum atomic E-state index is -4.46. The minimum Gasteiger partial charge on any atom is -0.312 e. The molecule has 2 aromatic carbocycles. The van der Waals surface area contributed by atoms with E-state index in [1.54, 1.807) is 6.20 Å². The molecule has 1 amide bonds. The third-order valence-corrected chi connectivity index (χ3v) is 4.82. The van der Waals surface area contributed by atoms with E-state index in [2.05, 4.69) is 17.3 Å². The molecule has 1 atom stereocenters. The molecular formula is C21H16F3N3O. The van der Waals surface area contributed by atoms with Crippen molar-refractivity contribution in [2.24, 2.45) is 0 Å². The van der Waals surface area contributed by atoms with E-state index in [9.17, 15) is 18.0 Å². The van der Waals surface area contributed by atoms with Crippen molar-refractivity contribution in [3.8, 4) is 0 Å². The summed E-state index contributed by atoms with van der Waals surface area (Å²) in [5.41, 5.74) is 3.83. The first-order valence-corrected chi connectivity index (χ1v) is 8.69. The first-order chi connectivity index (χ1) is 13.4. The maximum Gasteiger partial charge on any atom is 0.416 e. The standard InChI is InChI=1S/C21H16F3N3O/c1-2-10-26-18-9-4-3-8-17(18)25-20(26)14-11-19(28)27(13-14)16-7-5-6-15(12-16)21(22,23)24/h3-10,12,14H,1,11,13H2/t14-/m1/s1. The van der Waals surface area contributed by atoms with Crippen molar-refractivity contribution < 1.29 is 18.0 Å². The molecule has 4 rings (SSSR count). The summed E-state index contributed by atoms with van der Waals surface area (Å²) in [4.78, 5) is 18.6. The maximum absolute atomic E-state index is 13.0. The molecule has 0 saturated carbocycles. The third kappa shape index (κ3) is 3.10. The summed E-state index contributed by atoms with van der Waals surface area (Å²) in [6.07, 6.45) is -2.63. The van der Waals surface area contributed by atoms with Gasteiger partial charge in [0.1, 0.15) is 5.82 Å². The zero-order chi connectivity index (χ0) is 19.9. The van der Waals surface area contributed by atoms with Crippen LogP contribution in [-0.2, 0) is 11.0 Å². The monoisotopic (exact) mass is 383 g/mol. The highest BCUT2D eigenvalue weighted by Gasteiger charge is 2.36. The van der Waals surface area contributed by atoms with E-state index in [0.29, 0.717) is 5.82 Å². The molecule has 28 heavy (non-hydrogen) atoms. The number of halogens is 3. The Hall–Kier alpha value is -3.31. The number of aromatic nitrogens is 2. The van der Waals surface area contributed by atoms with Crippen molar-refractivity contribution in [1.82, 2.24) is 9.55 Å². The van der Waals surface area contributed by atoms with Crippen LogP contribution >= 0.6 is 0 Å². The van der Waals surface area contributed by atoms with Crippen molar-refractivity contribution in [3.05, 3.63) is 72.2 Å². The fourth-order valence-corrected chi connectivity index (χ4v) is 3.56. The summed E-state index contributed by atoms with van der Waals surface area (Å²) in [5.74, 6) is 0.185. The van der Waals surface area contributed by atoms with Gasteiger partial charge in [0.2, 0.25) is 5.91 Å². The molecule has 1 aliphatic rings. The molecule has 142 valence electrons. The lowest BCUT2D eigenvalue weighted by molar-refractivity contribution is -0.137. The second kappa shape index (κ2) is 6.69. The molecule has 4 nitrogen and oxygen atoms in total. The van der Waals surface area contributed by atoms with Crippen LogP contribution in [0.4, 0.5) is 18.9 Å². The van der Waals surface area contributed by atoms with Gasteiger partial charge in [0.15, 0.2) is 0 Å². The van der Waals surface area contributed by atoms with Gasteiger partial charge in [-0.1, -0.05) is 24.8 Å². The molecule has 1 saturated heterocycles. The highest BCUT2D eigenvalue weighted by molar-refractivity contribution is 5.96. The van der Waals surface area contributed by atoms with Gasteiger partial charge >= 0.3 is 6.18 Å². The largest absolute Gasteiger partial charge is 0.416 e. The van der Waals surface area contributed by atoms with E-state index < -0.39 is 11.7 Å². The van der Waals surface area contributed by atoms with Gasteiger partial charge in [-0.05, 0) is 30.3 Å². The number of hydrogen-bond acceptors (Lipinski definition) is 2. The predicted molar refractivity (Wildman–Crippen MR) is 101 cm³/mol. The highest BCUT2D eigenvalue weighted by Crippen LogP contribution is 2.36. The lowest BCUT2D eigenvalue weighted by atomic mass is 10.1.